The lowest BCUT2D eigenvalue weighted by Crippen LogP contribution is -2.58. The molecule has 86 heavy (non-hydrogen) atoms. The number of halogens is 4. The van der Waals surface area contributed by atoms with Crippen LogP contribution in [-0.4, -0.2) is 184 Å². The zero-order valence-corrected chi connectivity index (χ0v) is 50.0. The number of aryl methyl sites for hydroxylation is 1. The van der Waals surface area contributed by atoms with E-state index in [1.807, 2.05) is 68.0 Å². The van der Waals surface area contributed by atoms with Crippen molar-refractivity contribution in [3.05, 3.63) is 122 Å². The van der Waals surface area contributed by atoms with Crippen molar-refractivity contribution in [3.63, 3.8) is 0 Å². The molecular weight excluding hydrogens is 1140 g/mol. The van der Waals surface area contributed by atoms with E-state index in [0.717, 1.165) is 33.5 Å². The van der Waals surface area contributed by atoms with E-state index in [0.29, 0.717) is 88.6 Å². The zero-order valence-electron chi connectivity index (χ0n) is 49.2. The smallest absolute Gasteiger partial charge is 0.391 e. The number of H-pyrrole nitrogens is 1. The van der Waals surface area contributed by atoms with Crippen molar-refractivity contribution in [2.45, 2.75) is 104 Å². The number of amides is 5. The Morgan fingerprint density at radius 2 is 1.59 bits per heavy atom. The molecule has 0 aliphatic carbocycles. The number of hydrogen-bond donors (Lipinski definition) is 5. The second-order valence-corrected chi connectivity index (χ2v) is 24.5. The Morgan fingerprint density at radius 1 is 0.895 bits per heavy atom. The number of ether oxygens (including phenoxy) is 1. The number of hydrogen-bond acceptors (Lipinski definition) is 16. The fourth-order valence-electron chi connectivity index (χ4n) is 11.3. The summed E-state index contributed by atoms with van der Waals surface area (Å²) in [5.74, 6) is -3.08. The third-order valence-corrected chi connectivity index (χ3v) is 17.3. The monoisotopic (exact) mass is 1210 g/mol. The molecule has 5 aromatic rings. The van der Waals surface area contributed by atoms with Gasteiger partial charge >= 0.3 is 6.18 Å². The lowest BCUT2D eigenvalue weighted by molar-refractivity contribution is -0.145. The van der Waals surface area contributed by atoms with Gasteiger partial charge in [-0.2, -0.15) is 13.2 Å². The highest BCUT2D eigenvalue weighted by molar-refractivity contribution is 7.13. The third kappa shape index (κ3) is 14.9. The van der Waals surface area contributed by atoms with Crippen LogP contribution in [0.15, 0.2) is 77.4 Å². The number of rotatable bonds is 17. The minimum atomic E-state index is -4.99. The van der Waals surface area contributed by atoms with Gasteiger partial charge in [-0.25, -0.2) is 19.3 Å². The Bertz CT molecular complexity index is 3370. The van der Waals surface area contributed by atoms with E-state index < -0.39 is 82.5 Å². The van der Waals surface area contributed by atoms with E-state index in [9.17, 15) is 47.0 Å². The van der Waals surface area contributed by atoms with Crippen LogP contribution in [0.25, 0.3) is 16.0 Å². The largest absolute Gasteiger partial charge is 0.417 e. The summed E-state index contributed by atoms with van der Waals surface area (Å²) in [7, 11) is 1.98. The topological polar surface area (TPSA) is 242 Å². The predicted octanol–water partition coefficient (Wildman–Crippen LogP) is 5.30. The number of nitrogens with zero attached hydrogens (tertiary/aromatic N) is 9. The molecule has 0 bridgehead atoms. The van der Waals surface area contributed by atoms with Crippen molar-refractivity contribution >= 4 is 63.8 Å². The molecule has 4 aliphatic rings. The number of nitrogens with one attached hydrogen (secondary N) is 4. The molecule has 460 valence electrons. The van der Waals surface area contributed by atoms with E-state index in [1.54, 1.807) is 54.9 Å². The first-order valence-corrected chi connectivity index (χ1v) is 29.5. The molecule has 0 radical (unpaired) electrons. The average Bonchev–Trinajstić information content (AvgIpc) is 1.61. The van der Waals surface area contributed by atoms with E-state index >= 15 is 4.39 Å². The molecule has 5 N–H and O–H groups in total. The summed E-state index contributed by atoms with van der Waals surface area (Å²) in [5, 5.41) is 18.9. The first-order chi connectivity index (χ1) is 40.8. The molecule has 2 aromatic carbocycles. The van der Waals surface area contributed by atoms with E-state index in [2.05, 4.69) is 45.7 Å². The molecule has 5 atom stereocenters. The second kappa shape index (κ2) is 26.5. The van der Waals surface area contributed by atoms with Gasteiger partial charge in [-0.05, 0) is 68.5 Å². The van der Waals surface area contributed by atoms with Crippen LogP contribution in [-0.2, 0) is 43.2 Å². The molecule has 0 saturated carbocycles. The lowest BCUT2D eigenvalue weighted by Gasteiger charge is -2.44. The number of thiazole rings is 1. The number of carbonyl (C=O) groups excluding carboxylic acids is 5. The quantitative estimate of drug-likeness (QED) is 0.0743. The Balaban J connectivity index is 0.735. The van der Waals surface area contributed by atoms with Crippen LogP contribution in [0, 0.1) is 18.2 Å². The molecule has 26 heteroatoms. The van der Waals surface area contributed by atoms with Gasteiger partial charge < -0.3 is 50.4 Å². The number of carbonyl (C=O) groups is 5. The molecule has 5 amide bonds. The SMILES string of the molecule is Cc1ncsc1-c1ccc(CNC(=O)[C@@H]2C[C@@H](O)CN2C(=O)[C@@H](NC(=O)COCC(=O)N2CCN(Cc3cnc(N4CC=C(c5cc(NC(=O)c6c[nH]c(=O)cc6C(F)(F)F)c(N6C[C@@H](C)N(C)[C@@H](C)C6)cc5F)CC4)nc3)CC2)C(C)(C)C)cc1. The number of pyridine rings is 1. The molecule has 7 heterocycles. The molecule has 3 saturated heterocycles. The number of likely N-dealkylation sites (tertiary alicyclic amines) is 1. The number of likely N-dealkylation sites (N-methyl/N-ethyl adjacent to an activating group) is 1. The fourth-order valence-corrected chi connectivity index (χ4v) is 12.1. The first-order valence-electron chi connectivity index (χ1n) is 28.6. The van der Waals surface area contributed by atoms with Crippen molar-refractivity contribution in [1.82, 2.24) is 50.2 Å². The van der Waals surface area contributed by atoms with Gasteiger partial charge in [0.05, 0.1) is 44.7 Å². The van der Waals surface area contributed by atoms with Gasteiger partial charge in [-0.15, -0.1) is 11.3 Å². The highest BCUT2D eigenvalue weighted by Crippen LogP contribution is 2.38. The maximum Gasteiger partial charge on any atom is 0.417 e. The minimum absolute atomic E-state index is 0.0397. The van der Waals surface area contributed by atoms with Crippen molar-refractivity contribution in [2.24, 2.45) is 5.41 Å². The molecule has 4 aliphatic heterocycles. The minimum Gasteiger partial charge on any atom is -0.391 e. The standard InChI is InChI=1S/C60H73F4N13O8S/c1-35-28-76(29-36(2)72(35)7)48-23-46(61)43(21-47(48)70-55(82)44-27-65-50(79)22-45(44)60(62,63)64)40-12-14-75(15-13-40)58-67-25-39(26-68-58)30-73-16-18-74(19-17-73)52(81)33-85-32-51(80)71-54(59(4,5)6)57(84)77-31-42(78)20-49(77)56(83)66-24-38-8-10-41(11-9-38)53-37(3)69-34-86-53/h8-12,21-23,25-27,34-36,42,49,54,78H,13-20,24,28-33H2,1-7H3,(H,65,79)(H,66,83)(H,70,82)(H,71,80)/t35-,36+,42-,49+,54-/m1/s1. The van der Waals surface area contributed by atoms with E-state index in [4.69, 9.17) is 4.74 Å². The number of piperazine rings is 2. The van der Waals surface area contributed by atoms with Crippen LogP contribution in [0.1, 0.15) is 85.8 Å². The third-order valence-electron chi connectivity index (χ3n) is 16.3. The summed E-state index contributed by atoms with van der Waals surface area (Å²) in [5.41, 5.74) is 2.71. The number of alkyl halides is 3. The maximum absolute atomic E-state index is 16.3. The van der Waals surface area contributed by atoms with Gasteiger partial charge in [0.25, 0.3) is 5.91 Å². The van der Waals surface area contributed by atoms with E-state index in [-0.39, 0.29) is 55.4 Å². The number of aliphatic hydroxyl groups excluding tert-OH is 1. The molecule has 9 rings (SSSR count). The highest BCUT2D eigenvalue weighted by Gasteiger charge is 2.45. The van der Waals surface area contributed by atoms with Crippen LogP contribution in [0.4, 0.5) is 34.9 Å². The first kappa shape index (κ1) is 62.9. The molecule has 3 fully saturated rings. The number of β-amino-alcohol motifs (C(OH)–C–C–N with tert-alkyl or cyclic N) is 1. The van der Waals surface area contributed by atoms with Crippen LogP contribution in [0.2, 0.25) is 0 Å². The summed E-state index contributed by atoms with van der Waals surface area (Å²) in [4.78, 5) is 108. The van der Waals surface area contributed by atoms with Crippen molar-refractivity contribution in [3.8, 4) is 10.4 Å². The fraction of sp³-hybridized carbons (Fsp3) is 0.483. The van der Waals surface area contributed by atoms with Crippen LogP contribution < -0.4 is 31.3 Å². The Kier molecular flexibility index (Phi) is 19.4. The van der Waals surface area contributed by atoms with Gasteiger partial charge in [-0.1, -0.05) is 51.1 Å². The number of anilines is 3. The average molecular weight is 1210 g/mol. The van der Waals surface area contributed by atoms with Gasteiger partial charge in [0.1, 0.15) is 31.1 Å². The number of benzene rings is 2. The predicted molar refractivity (Wildman–Crippen MR) is 316 cm³/mol. The highest BCUT2D eigenvalue weighted by atomic mass is 32.1. The van der Waals surface area contributed by atoms with Gasteiger partial charge in [0.15, 0.2) is 0 Å². The normalized spacial score (nSPS) is 20.2. The Hall–Kier alpha value is -7.65. The van der Waals surface area contributed by atoms with Crippen molar-refractivity contribution < 1.29 is 51.4 Å². The van der Waals surface area contributed by atoms with Gasteiger partial charge in [0.2, 0.25) is 35.1 Å². The molecule has 3 aromatic heterocycles. The molecular formula is C60H73F4N13O8S. The zero-order chi connectivity index (χ0) is 61.8. The Morgan fingerprint density at radius 3 is 2.22 bits per heavy atom. The van der Waals surface area contributed by atoms with Crippen LogP contribution >= 0.6 is 11.3 Å². The van der Waals surface area contributed by atoms with Crippen molar-refractivity contribution in [1.29, 1.82) is 0 Å². The van der Waals surface area contributed by atoms with Gasteiger partial charge in [-0.3, -0.25) is 38.6 Å². The van der Waals surface area contributed by atoms with E-state index in [1.165, 1.54) is 17.0 Å². The van der Waals surface area contributed by atoms with Crippen LogP contribution in [0.5, 0.6) is 0 Å². The number of aromatic nitrogens is 4. The van der Waals surface area contributed by atoms with Gasteiger partial charge in [0, 0.05) is 126 Å². The molecule has 0 unspecified atom stereocenters. The summed E-state index contributed by atoms with van der Waals surface area (Å²) in [6.07, 6.45) is 0.491. The van der Waals surface area contributed by atoms with Crippen LogP contribution in [0.3, 0.4) is 0 Å². The molecule has 0 spiro atoms. The second-order valence-electron chi connectivity index (χ2n) is 23.6. The molecule has 21 nitrogen and oxygen atoms in total. The maximum atomic E-state index is 16.3. The summed E-state index contributed by atoms with van der Waals surface area (Å²) >= 11 is 1.55. The van der Waals surface area contributed by atoms with Crippen molar-refractivity contribution in [2.75, 3.05) is 94.3 Å². The lowest BCUT2D eigenvalue weighted by atomic mass is 9.85. The number of aromatic amines is 1. The summed E-state index contributed by atoms with van der Waals surface area (Å²) < 4.78 is 64.0. The summed E-state index contributed by atoms with van der Waals surface area (Å²) in [6.45, 7) is 14.7. The Labute approximate surface area is 499 Å². The summed E-state index contributed by atoms with van der Waals surface area (Å²) in [6, 6.07) is 8.92. The number of aliphatic hydroxyl groups is 1.